The molecule has 2 N–H and O–H groups in total. The standard InChI is InChI=1S/C18H27N3O4/c1-13-8-14(11-19-10-13)20-15(22)9-18(24)6-5-7-21(12-18)16(23)25-17(2,3)4/h8,10-11,24H,5-7,9,12H2,1-4H3,(H,20,22)/t18-/m0/s1. The van der Waals surface area contributed by atoms with E-state index in [2.05, 4.69) is 10.3 Å². The minimum atomic E-state index is -1.25. The molecular weight excluding hydrogens is 322 g/mol. The minimum Gasteiger partial charge on any atom is -0.444 e. The molecule has 0 radical (unpaired) electrons. The molecule has 25 heavy (non-hydrogen) atoms. The van der Waals surface area contributed by atoms with Crippen molar-refractivity contribution >= 4 is 17.7 Å². The number of piperidine rings is 1. The van der Waals surface area contributed by atoms with Crippen molar-refractivity contribution in [3.05, 3.63) is 24.0 Å². The lowest BCUT2D eigenvalue weighted by atomic mass is 9.89. The van der Waals surface area contributed by atoms with Gasteiger partial charge in [-0.2, -0.15) is 0 Å². The van der Waals surface area contributed by atoms with Gasteiger partial charge in [-0.1, -0.05) is 0 Å². The van der Waals surface area contributed by atoms with Gasteiger partial charge in [0.25, 0.3) is 0 Å². The van der Waals surface area contributed by atoms with Gasteiger partial charge in [0.15, 0.2) is 0 Å². The number of ether oxygens (including phenoxy) is 1. The average Bonchev–Trinajstić information content (AvgIpc) is 2.44. The molecule has 2 amide bonds. The smallest absolute Gasteiger partial charge is 0.410 e. The van der Waals surface area contributed by atoms with Crippen molar-refractivity contribution in [2.45, 2.75) is 58.2 Å². The third kappa shape index (κ3) is 6.01. The van der Waals surface area contributed by atoms with Crippen LogP contribution in [0.5, 0.6) is 0 Å². The maximum atomic E-state index is 12.3. The molecule has 1 aromatic heterocycles. The van der Waals surface area contributed by atoms with Gasteiger partial charge in [-0.3, -0.25) is 9.78 Å². The van der Waals surface area contributed by atoms with E-state index in [0.29, 0.717) is 25.1 Å². The van der Waals surface area contributed by atoms with Crippen molar-refractivity contribution in [2.75, 3.05) is 18.4 Å². The van der Waals surface area contributed by atoms with Crippen molar-refractivity contribution in [1.82, 2.24) is 9.88 Å². The highest BCUT2D eigenvalue weighted by Gasteiger charge is 2.38. The SMILES string of the molecule is Cc1cncc(NC(=O)C[C@@]2(O)CCCN(C(=O)OC(C)(C)C)C2)c1. The molecule has 0 aromatic carbocycles. The van der Waals surface area contributed by atoms with Crippen LogP contribution in [0, 0.1) is 6.92 Å². The number of likely N-dealkylation sites (tertiary alicyclic amines) is 1. The summed E-state index contributed by atoms with van der Waals surface area (Å²) in [7, 11) is 0. The van der Waals surface area contributed by atoms with Crippen LogP contribution in [-0.4, -0.2) is 51.3 Å². The third-order valence-electron chi connectivity index (χ3n) is 3.86. The maximum absolute atomic E-state index is 12.3. The number of nitrogens with zero attached hydrogens (tertiary/aromatic N) is 2. The Hall–Kier alpha value is -2.15. The van der Waals surface area contributed by atoms with E-state index in [1.54, 1.807) is 33.2 Å². The van der Waals surface area contributed by atoms with Crippen molar-refractivity contribution in [3.63, 3.8) is 0 Å². The van der Waals surface area contributed by atoms with E-state index in [9.17, 15) is 14.7 Å². The Morgan fingerprint density at radius 3 is 2.76 bits per heavy atom. The quantitative estimate of drug-likeness (QED) is 0.875. The van der Waals surface area contributed by atoms with Gasteiger partial charge < -0.3 is 20.1 Å². The van der Waals surface area contributed by atoms with Gasteiger partial charge in [-0.05, 0) is 52.2 Å². The molecular formula is C18H27N3O4. The normalized spacial score (nSPS) is 20.9. The molecule has 2 rings (SSSR count). The van der Waals surface area contributed by atoms with Gasteiger partial charge in [0, 0.05) is 12.7 Å². The maximum Gasteiger partial charge on any atom is 0.410 e. The summed E-state index contributed by atoms with van der Waals surface area (Å²) >= 11 is 0. The number of aromatic nitrogens is 1. The number of amides is 2. The predicted octanol–water partition coefficient (Wildman–Crippen LogP) is 2.48. The molecule has 1 atom stereocenters. The number of pyridine rings is 1. The Morgan fingerprint density at radius 1 is 1.40 bits per heavy atom. The summed E-state index contributed by atoms with van der Waals surface area (Å²) in [5.74, 6) is -0.305. The second-order valence-corrected chi connectivity index (χ2v) is 7.71. The van der Waals surface area contributed by atoms with Crippen LogP contribution in [0.2, 0.25) is 0 Å². The predicted molar refractivity (Wildman–Crippen MR) is 94.2 cm³/mol. The van der Waals surface area contributed by atoms with Crippen LogP contribution in [0.15, 0.2) is 18.5 Å². The van der Waals surface area contributed by atoms with Crippen LogP contribution in [0.1, 0.15) is 45.6 Å². The summed E-state index contributed by atoms with van der Waals surface area (Å²) in [6.45, 7) is 7.87. The summed E-state index contributed by atoms with van der Waals surface area (Å²) in [5.41, 5.74) is -0.322. The van der Waals surface area contributed by atoms with Crippen molar-refractivity contribution in [1.29, 1.82) is 0 Å². The van der Waals surface area contributed by atoms with Gasteiger partial charge in [0.05, 0.1) is 30.5 Å². The number of carbonyl (C=O) groups is 2. The highest BCUT2D eigenvalue weighted by atomic mass is 16.6. The van der Waals surface area contributed by atoms with Crippen molar-refractivity contribution in [2.24, 2.45) is 0 Å². The van der Waals surface area contributed by atoms with E-state index in [4.69, 9.17) is 4.74 Å². The van der Waals surface area contributed by atoms with Crippen LogP contribution in [0.3, 0.4) is 0 Å². The second-order valence-electron chi connectivity index (χ2n) is 7.71. The average molecular weight is 349 g/mol. The number of anilines is 1. The Labute approximate surface area is 148 Å². The fraction of sp³-hybridized carbons (Fsp3) is 0.611. The molecule has 0 saturated carbocycles. The summed E-state index contributed by atoms with van der Waals surface area (Å²) in [6, 6.07) is 1.81. The van der Waals surface area contributed by atoms with E-state index >= 15 is 0 Å². The number of β-amino-alcohol motifs (C(OH)–C–C–N with tert-alkyl or cyclic N) is 1. The molecule has 1 aliphatic rings. The summed E-state index contributed by atoms with van der Waals surface area (Å²) in [6.07, 6.45) is 3.79. The zero-order chi connectivity index (χ0) is 18.7. The summed E-state index contributed by atoms with van der Waals surface area (Å²) in [4.78, 5) is 30.0. The highest BCUT2D eigenvalue weighted by molar-refractivity contribution is 5.91. The number of carbonyl (C=O) groups excluding carboxylic acids is 2. The van der Waals surface area contributed by atoms with Crippen LogP contribution in [-0.2, 0) is 9.53 Å². The van der Waals surface area contributed by atoms with E-state index in [0.717, 1.165) is 5.56 Å². The van der Waals surface area contributed by atoms with Gasteiger partial charge >= 0.3 is 6.09 Å². The van der Waals surface area contributed by atoms with Gasteiger partial charge in [0.1, 0.15) is 5.60 Å². The summed E-state index contributed by atoms with van der Waals surface area (Å²) in [5, 5.41) is 13.5. The number of aryl methyl sites for hydroxylation is 1. The van der Waals surface area contributed by atoms with E-state index in [1.165, 1.54) is 4.90 Å². The first-order valence-electron chi connectivity index (χ1n) is 8.48. The third-order valence-corrected chi connectivity index (χ3v) is 3.86. The first kappa shape index (κ1) is 19.2. The molecule has 1 saturated heterocycles. The van der Waals surface area contributed by atoms with E-state index in [1.807, 2.05) is 13.0 Å². The van der Waals surface area contributed by atoms with Crippen molar-refractivity contribution in [3.8, 4) is 0 Å². The Bertz CT molecular complexity index is 641. The zero-order valence-electron chi connectivity index (χ0n) is 15.3. The Morgan fingerprint density at radius 2 is 2.12 bits per heavy atom. The molecule has 1 aromatic rings. The molecule has 1 fully saturated rings. The minimum absolute atomic E-state index is 0.0831. The number of hydrogen-bond acceptors (Lipinski definition) is 5. The van der Waals surface area contributed by atoms with Gasteiger partial charge in [-0.15, -0.1) is 0 Å². The molecule has 0 bridgehead atoms. The Balaban J connectivity index is 1.95. The van der Waals surface area contributed by atoms with Gasteiger partial charge in [-0.25, -0.2) is 4.79 Å². The monoisotopic (exact) mass is 349 g/mol. The van der Waals surface area contributed by atoms with Crippen LogP contribution < -0.4 is 5.32 Å². The molecule has 7 heteroatoms. The molecule has 0 unspecified atom stereocenters. The van der Waals surface area contributed by atoms with Crippen molar-refractivity contribution < 1.29 is 19.4 Å². The number of aliphatic hydroxyl groups is 1. The molecule has 0 spiro atoms. The highest BCUT2D eigenvalue weighted by Crippen LogP contribution is 2.26. The molecule has 1 aliphatic heterocycles. The molecule has 2 heterocycles. The second kappa shape index (κ2) is 7.39. The fourth-order valence-corrected chi connectivity index (χ4v) is 2.87. The topological polar surface area (TPSA) is 91.8 Å². The number of nitrogens with one attached hydrogen (secondary N) is 1. The van der Waals surface area contributed by atoms with Gasteiger partial charge in [0.2, 0.25) is 5.91 Å². The summed E-state index contributed by atoms with van der Waals surface area (Å²) < 4.78 is 5.35. The van der Waals surface area contributed by atoms with E-state index in [-0.39, 0.29) is 18.9 Å². The first-order valence-corrected chi connectivity index (χ1v) is 8.48. The fourth-order valence-electron chi connectivity index (χ4n) is 2.87. The lowest BCUT2D eigenvalue weighted by Gasteiger charge is -2.39. The van der Waals surface area contributed by atoms with Crippen LogP contribution in [0.25, 0.3) is 0 Å². The lowest BCUT2D eigenvalue weighted by Crippen LogP contribution is -2.52. The van der Waals surface area contributed by atoms with Crippen LogP contribution >= 0.6 is 0 Å². The Kier molecular flexibility index (Phi) is 5.67. The largest absolute Gasteiger partial charge is 0.444 e. The number of hydrogen-bond donors (Lipinski definition) is 2. The molecule has 7 nitrogen and oxygen atoms in total. The van der Waals surface area contributed by atoms with Crippen LogP contribution in [0.4, 0.5) is 10.5 Å². The lowest BCUT2D eigenvalue weighted by molar-refractivity contribution is -0.123. The number of rotatable bonds is 3. The van der Waals surface area contributed by atoms with E-state index < -0.39 is 17.3 Å². The zero-order valence-corrected chi connectivity index (χ0v) is 15.3. The molecule has 138 valence electrons. The molecule has 0 aliphatic carbocycles. The first-order chi connectivity index (χ1) is 11.6.